The number of phenols is 1. The predicted molar refractivity (Wildman–Crippen MR) is 171 cm³/mol. The number of carbonyl (C=O) groups is 1. The van der Waals surface area contributed by atoms with Gasteiger partial charge in [0.2, 0.25) is 5.91 Å². The molecule has 0 saturated carbocycles. The second kappa shape index (κ2) is 12.8. The highest BCUT2D eigenvalue weighted by Crippen LogP contribution is 2.37. The van der Waals surface area contributed by atoms with Crippen LogP contribution in [0.1, 0.15) is 50.8 Å². The highest BCUT2D eigenvalue weighted by Gasteiger charge is 2.35. The van der Waals surface area contributed by atoms with Crippen LogP contribution in [0.5, 0.6) is 11.8 Å². The van der Waals surface area contributed by atoms with Crippen LogP contribution in [0.2, 0.25) is 0 Å². The van der Waals surface area contributed by atoms with Gasteiger partial charge in [0.1, 0.15) is 11.6 Å². The summed E-state index contributed by atoms with van der Waals surface area (Å²) in [4.78, 5) is 31.6. The van der Waals surface area contributed by atoms with Gasteiger partial charge in [-0.15, -0.1) is 0 Å². The van der Waals surface area contributed by atoms with Crippen molar-refractivity contribution in [2.45, 2.75) is 64.6 Å². The zero-order valence-electron chi connectivity index (χ0n) is 25.5. The van der Waals surface area contributed by atoms with Crippen molar-refractivity contribution in [1.82, 2.24) is 19.8 Å². The third kappa shape index (κ3) is 6.27. The number of benzene rings is 2. The summed E-state index contributed by atoms with van der Waals surface area (Å²) in [5.41, 5.74) is 3.10. The lowest BCUT2D eigenvalue weighted by molar-refractivity contribution is -0.130. The molecule has 2 fully saturated rings. The molecule has 3 aliphatic heterocycles. The standard InChI is InChI=1S/C34H44N6O3/c1-4-32(42)40-24(2)21-39(22-25(40)3)33-29-13-17-38(31-20-27(41)19-26-11-6-7-12-28(26)31)23-30(29)35-34(36-33)43-18-10-16-37-14-8-5-9-15-37/h4,6-7,11-12,19-20,24-25,41H,1,5,8-10,13-18,21-23H2,2-3H3/t24-,25+. The maximum atomic E-state index is 12.6. The van der Waals surface area contributed by atoms with Crippen molar-refractivity contribution in [1.29, 1.82) is 0 Å². The topological polar surface area (TPSA) is 85.3 Å². The fourth-order valence-corrected chi connectivity index (χ4v) is 7.13. The molecule has 4 heterocycles. The number of ether oxygens (including phenoxy) is 1. The number of aromatic nitrogens is 2. The van der Waals surface area contributed by atoms with Gasteiger partial charge < -0.3 is 29.4 Å². The quantitative estimate of drug-likeness (QED) is 0.300. The number of aromatic hydroxyl groups is 1. The third-order valence-corrected chi connectivity index (χ3v) is 9.13. The molecule has 0 radical (unpaired) electrons. The Morgan fingerprint density at radius 2 is 1.81 bits per heavy atom. The Balaban J connectivity index is 1.28. The molecule has 2 atom stereocenters. The Labute approximate surface area is 254 Å². The monoisotopic (exact) mass is 584 g/mol. The van der Waals surface area contributed by atoms with E-state index in [1.807, 2.05) is 35.2 Å². The van der Waals surface area contributed by atoms with Crippen LogP contribution in [0.3, 0.4) is 0 Å². The highest BCUT2D eigenvalue weighted by atomic mass is 16.5. The van der Waals surface area contributed by atoms with E-state index in [9.17, 15) is 9.90 Å². The van der Waals surface area contributed by atoms with E-state index in [-0.39, 0.29) is 23.7 Å². The lowest BCUT2D eigenvalue weighted by atomic mass is 10.0. The summed E-state index contributed by atoms with van der Waals surface area (Å²) >= 11 is 0. The summed E-state index contributed by atoms with van der Waals surface area (Å²) in [5.74, 6) is 1.15. The fourth-order valence-electron chi connectivity index (χ4n) is 7.13. The summed E-state index contributed by atoms with van der Waals surface area (Å²) in [6.45, 7) is 14.6. The molecule has 9 nitrogen and oxygen atoms in total. The Hall–Kier alpha value is -3.85. The Kier molecular flexibility index (Phi) is 8.70. The molecule has 3 aromatic rings. The van der Waals surface area contributed by atoms with Gasteiger partial charge in [0.05, 0.1) is 18.8 Å². The van der Waals surface area contributed by atoms with E-state index >= 15 is 0 Å². The normalized spacial score (nSPS) is 21.1. The minimum atomic E-state index is -0.0314. The number of carbonyl (C=O) groups excluding carboxylic acids is 1. The van der Waals surface area contributed by atoms with Crippen molar-refractivity contribution in [3.8, 4) is 11.8 Å². The summed E-state index contributed by atoms with van der Waals surface area (Å²) in [6.07, 6.45) is 7.02. The van der Waals surface area contributed by atoms with Crippen LogP contribution in [0.4, 0.5) is 11.5 Å². The first-order valence-corrected chi connectivity index (χ1v) is 15.8. The number of likely N-dealkylation sites (tertiary alicyclic amines) is 1. The SMILES string of the molecule is C=CC(=O)N1[C@H](C)CN(c2nc(OCCCN3CCCCC3)nc3c2CCN(c2cc(O)cc4ccccc24)C3)C[C@@H]1C. The van der Waals surface area contributed by atoms with Crippen LogP contribution in [-0.2, 0) is 17.8 Å². The van der Waals surface area contributed by atoms with Crippen molar-refractivity contribution in [2.24, 2.45) is 0 Å². The van der Waals surface area contributed by atoms with E-state index in [0.717, 1.165) is 59.5 Å². The van der Waals surface area contributed by atoms with Gasteiger partial charge in [-0.1, -0.05) is 37.3 Å². The average molecular weight is 585 g/mol. The van der Waals surface area contributed by atoms with Gasteiger partial charge in [-0.3, -0.25) is 4.79 Å². The highest BCUT2D eigenvalue weighted by molar-refractivity contribution is 5.95. The van der Waals surface area contributed by atoms with E-state index in [0.29, 0.717) is 32.3 Å². The number of piperazine rings is 1. The van der Waals surface area contributed by atoms with Crippen molar-refractivity contribution in [2.75, 3.05) is 55.7 Å². The second-order valence-electron chi connectivity index (χ2n) is 12.3. The van der Waals surface area contributed by atoms with Crippen molar-refractivity contribution >= 4 is 28.2 Å². The number of phenolic OH excluding ortho intramolecular Hbond substituents is 1. The minimum Gasteiger partial charge on any atom is -0.508 e. The maximum Gasteiger partial charge on any atom is 0.318 e. The number of amides is 1. The van der Waals surface area contributed by atoms with Crippen LogP contribution in [0.15, 0.2) is 49.1 Å². The smallest absolute Gasteiger partial charge is 0.318 e. The number of rotatable bonds is 8. The fraction of sp³-hybridized carbons (Fsp3) is 0.500. The minimum absolute atomic E-state index is 0.0209. The van der Waals surface area contributed by atoms with Crippen molar-refractivity contribution in [3.05, 3.63) is 60.3 Å². The molecule has 0 aliphatic carbocycles. The molecule has 1 aromatic heterocycles. The maximum absolute atomic E-state index is 12.6. The molecular formula is C34H44N6O3. The number of piperidine rings is 1. The molecule has 6 rings (SSSR count). The number of hydrogen-bond acceptors (Lipinski definition) is 8. The molecular weight excluding hydrogens is 540 g/mol. The van der Waals surface area contributed by atoms with E-state index in [1.165, 1.54) is 38.4 Å². The number of nitrogens with zero attached hydrogens (tertiary/aromatic N) is 6. The Bertz CT molecular complexity index is 1460. The average Bonchev–Trinajstić information content (AvgIpc) is 3.02. The van der Waals surface area contributed by atoms with Gasteiger partial charge in [-0.2, -0.15) is 9.97 Å². The van der Waals surface area contributed by atoms with Gasteiger partial charge in [-0.25, -0.2) is 0 Å². The second-order valence-corrected chi connectivity index (χ2v) is 12.3. The Morgan fingerprint density at radius 3 is 2.58 bits per heavy atom. The molecule has 0 spiro atoms. The zero-order valence-corrected chi connectivity index (χ0v) is 25.5. The molecule has 1 amide bonds. The Morgan fingerprint density at radius 1 is 1.05 bits per heavy atom. The summed E-state index contributed by atoms with van der Waals surface area (Å²) in [5, 5.41) is 12.6. The van der Waals surface area contributed by atoms with E-state index < -0.39 is 0 Å². The first-order chi connectivity index (χ1) is 20.9. The third-order valence-electron chi connectivity index (χ3n) is 9.13. The number of hydrogen-bond donors (Lipinski definition) is 1. The van der Waals surface area contributed by atoms with Gasteiger partial charge in [0.25, 0.3) is 0 Å². The van der Waals surface area contributed by atoms with Crippen LogP contribution < -0.4 is 14.5 Å². The molecule has 2 saturated heterocycles. The lowest BCUT2D eigenvalue weighted by Crippen LogP contribution is -2.58. The van der Waals surface area contributed by atoms with Crippen LogP contribution in [0.25, 0.3) is 10.8 Å². The number of anilines is 2. The molecule has 0 unspecified atom stereocenters. The first-order valence-electron chi connectivity index (χ1n) is 15.8. The molecule has 9 heteroatoms. The molecule has 3 aliphatic rings. The molecule has 0 bridgehead atoms. The van der Waals surface area contributed by atoms with Crippen LogP contribution in [-0.4, -0.2) is 88.7 Å². The van der Waals surface area contributed by atoms with E-state index in [2.05, 4.69) is 41.2 Å². The van der Waals surface area contributed by atoms with E-state index in [4.69, 9.17) is 14.7 Å². The van der Waals surface area contributed by atoms with Gasteiger partial charge >= 0.3 is 6.01 Å². The van der Waals surface area contributed by atoms with Crippen LogP contribution in [0, 0.1) is 0 Å². The lowest BCUT2D eigenvalue weighted by Gasteiger charge is -2.45. The molecule has 2 aromatic carbocycles. The van der Waals surface area contributed by atoms with Gasteiger partial charge in [0, 0.05) is 61.0 Å². The van der Waals surface area contributed by atoms with Gasteiger partial charge in [0.15, 0.2) is 0 Å². The number of fused-ring (bicyclic) bond motifs is 2. The van der Waals surface area contributed by atoms with Crippen LogP contribution >= 0.6 is 0 Å². The summed E-state index contributed by atoms with van der Waals surface area (Å²) in [7, 11) is 0. The molecule has 43 heavy (non-hydrogen) atoms. The molecule has 1 N–H and O–H groups in total. The van der Waals surface area contributed by atoms with E-state index in [1.54, 1.807) is 0 Å². The largest absolute Gasteiger partial charge is 0.508 e. The zero-order chi connectivity index (χ0) is 29.9. The van der Waals surface area contributed by atoms with Gasteiger partial charge in [-0.05, 0) is 70.1 Å². The predicted octanol–water partition coefficient (Wildman–Crippen LogP) is 4.76. The first kappa shape index (κ1) is 29.2. The van der Waals surface area contributed by atoms with Crippen molar-refractivity contribution < 1.29 is 14.6 Å². The van der Waals surface area contributed by atoms with Crippen molar-refractivity contribution in [3.63, 3.8) is 0 Å². The summed E-state index contributed by atoms with van der Waals surface area (Å²) < 4.78 is 6.24. The molecule has 228 valence electrons. The summed E-state index contributed by atoms with van der Waals surface area (Å²) in [6, 6.07) is 12.3.